The molecule has 0 unspecified atom stereocenters. The maximum atomic E-state index is 13.7. The van der Waals surface area contributed by atoms with Gasteiger partial charge < -0.3 is 14.4 Å². The number of carbonyl (C=O) groups excluding carboxylic acids is 1. The van der Waals surface area contributed by atoms with Crippen LogP contribution in [0.25, 0.3) is 16.8 Å². The summed E-state index contributed by atoms with van der Waals surface area (Å²) >= 11 is 0. The van der Waals surface area contributed by atoms with E-state index in [4.69, 9.17) is 0 Å². The first kappa shape index (κ1) is 22.6. The highest BCUT2D eigenvalue weighted by Crippen LogP contribution is 2.25. The molecular weight excluding hydrogens is 454 g/mol. The normalized spacial score (nSPS) is 16.3. The van der Waals surface area contributed by atoms with Gasteiger partial charge in [-0.05, 0) is 61.3 Å². The molecule has 4 aromatic rings. The van der Waals surface area contributed by atoms with Crippen molar-refractivity contribution in [2.75, 3.05) is 26.2 Å². The summed E-state index contributed by atoms with van der Waals surface area (Å²) < 4.78 is 3.57. The number of pyridine rings is 2. The van der Waals surface area contributed by atoms with Crippen molar-refractivity contribution >= 4 is 11.6 Å². The second kappa shape index (κ2) is 9.66. The Morgan fingerprint density at radius 3 is 2.61 bits per heavy atom. The van der Waals surface area contributed by atoms with Crippen molar-refractivity contribution in [3.63, 3.8) is 0 Å². The quantitative estimate of drug-likeness (QED) is 0.434. The van der Waals surface area contributed by atoms with E-state index in [0.717, 1.165) is 36.5 Å². The molecular formula is C27H29N7O2. The lowest BCUT2D eigenvalue weighted by atomic mass is 9.99. The van der Waals surface area contributed by atoms with Crippen LogP contribution in [0.5, 0.6) is 0 Å². The molecule has 1 amide bonds. The number of hydrogen-bond donors (Lipinski definition) is 0. The van der Waals surface area contributed by atoms with Crippen LogP contribution in [0.1, 0.15) is 41.0 Å². The Morgan fingerprint density at radius 2 is 1.81 bits per heavy atom. The summed E-state index contributed by atoms with van der Waals surface area (Å²) in [4.78, 5) is 39.7. The third-order valence-corrected chi connectivity index (χ3v) is 7.29. The third kappa shape index (κ3) is 4.30. The van der Waals surface area contributed by atoms with Crippen LogP contribution in [0, 0.1) is 0 Å². The third-order valence-electron chi connectivity index (χ3n) is 7.29. The zero-order chi connectivity index (χ0) is 24.5. The van der Waals surface area contributed by atoms with Gasteiger partial charge in [-0.2, -0.15) is 5.10 Å². The van der Waals surface area contributed by atoms with E-state index in [9.17, 15) is 9.59 Å². The summed E-state index contributed by atoms with van der Waals surface area (Å²) in [5, 5.41) is 4.42. The molecule has 0 aromatic carbocycles. The number of hydrogen-bond acceptors (Lipinski definition) is 6. The SMILES string of the molecule is O=C(c1cc2ncccn2n1)N1CCc2c(cc(-c3ccncc3)c(=O)n2CCN2CCCCC2)C1. The Bertz CT molecular complexity index is 1420. The van der Waals surface area contributed by atoms with Crippen LogP contribution in [-0.2, 0) is 19.5 Å². The molecule has 0 radical (unpaired) electrons. The minimum atomic E-state index is -0.123. The van der Waals surface area contributed by atoms with Crippen LogP contribution in [0.4, 0.5) is 0 Å². The van der Waals surface area contributed by atoms with Crippen molar-refractivity contribution < 1.29 is 4.79 Å². The molecule has 4 aromatic heterocycles. The van der Waals surface area contributed by atoms with E-state index < -0.39 is 0 Å². The number of rotatable bonds is 5. The number of nitrogens with zero attached hydrogens (tertiary/aromatic N) is 7. The molecule has 9 heteroatoms. The van der Waals surface area contributed by atoms with Crippen molar-refractivity contribution in [1.29, 1.82) is 0 Å². The van der Waals surface area contributed by atoms with Crippen LogP contribution < -0.4 is 5.56 Å². The molecule has 2 aliphatic heterocycles. The number of aromatic nitrogens is 5. The minimum absolute atomic E-state index is 0.0307. The van der Waals surface area contributed by atoms with Crippen LogP contribution >= 0.6 is 0 Å². The van der Waals surface area contributed by atoms with Crippen molar-refractivity contribution in [2.45, 2.75) is 38.8 Å². The van der Waals surface area contributed by atoms with Gasteiger partial charge in [0.05, 0.1) is 0 Å². The number of likely N-dealkylation sites (tertiary alicyclic amines) is 1. The predicted molar refractivity (Wildman–Crippen MR) is 136 cm³/mol. The number of carbonyl (C=O) groups is 1. The Hall–Kier alpha value is -3.85. The van der Waals surface area contributed by atoms with E-state index in [0.29, 0.717) is 43.0 Å². The van der Waals surface area contributed by atoms with Crippen LogP contribution in [-0.4, -0.2) is 66.0 Å². The molecule has 0 bridgehead atoms. The molecule has 1 fully saturated rings. The first-order valence-electron chi connectivity index (χ1n) is 12.7. The largest absolute Gasteiger partial charge is 0.332 e. The first-order valence-corrected chi connectivity index (χ1v) is 12.7. The van der Waals surface area contributed by atoms with Gasteiger partial charge in [0, 0.05) is 74.7 Å². The van der Waals surface area contributed by atoms with Gasteiger partial charge in [-0.25, -0.2) is 9.50 Å². The molecule has 184 valence electrons. The van der Waals surface area contributed by atoms with Crippen molar-refractivity contribution in [2.24, 2.45) is 0 Å². The molecule has 1 saturated heterocycles. The van der Waals surface area contributed by atoms with E-state index >= 15 is 0 Å². The second-order valence-electron chi connectivity index (χ2n) is 9.55. The first-order chi connectivity index (χ1) is 17.7. The molecule has 0 spiro atoms. The van der Waals surface area contributed by atoms with Gasteiger partial charge >= 0.3 is 0 Å². The Morgan fingerprint density at radius 1 is 0.972 bits per heavy atom. The molecule has 0 aliphatic carbocycles. The Labute approximate surface area is 209 Å². The van der Waals surface area contributed by atoms with E-state index in [-0.39, 0.29) is 11.5 Å². The van der Waals surface area contributed by atoms with E-state index in [1.54, 1.807) is 41.4 Å². The number of fused-ring (bicyclic) bond motifs is 2. The highest BCUT2D eigenvalue weighted by Gasteiger charge is 2.27. The standard InChI is InChI=1S/C27H29N7O2/c35-26-22(20-5-9-28-10-6-20)17-21-19-32(27(36)23-18-25-29-8-4-13-34(25)30-23)14-7-24(21)33(26)16-15-31-11-2-1-3-12-31/h4-6,8-10,13,17-18H,1-3,7,11-12,14-16,19H2. The number of amides is 1. The maximum absolute atomic E-state index is 13.7. The Balaban J connectivity index is 1.33. The topological polar surface area (TPSA) is 88.6 Å². The zero-order valence-electron chi connectivity index (χ0n) is 20.2. The Kier molecular flexibility index (Phi) is 6.06. The monoisotopic (exact) mass is 483 g/mol. The van der Waals surface area contributed by atoms with Gasteiger partial charge in [-0.1, -0.05) is 6.42 Å². The predicted octanol–water partition coefficient (Wildman–Crippen LogP) is 2.64. The van der Waals surface area contributed by atoms with Gasteiger partial charge in [-0.3, -0.25) is 14.6 Å². The average Bonchev–Trinajstić information content (AvgIpc) is 3.37. The lowest BCUT2D eigenvalue weighted by Gasteiger charge is -2.32. The highest BCUT2D eigenvalue weighted by atomic mass is 16.2. The molecule has 0 saturated carbocycles. The summed E-state index contributed by atoms with van der Waals surface area (Å²) in [5.41, 5.74) is 4.61. The van der Waals surface area contributed by atoms with Crippen molar-refractivity contribution in [3.8, 4) is 11.1 Å². The lowest BCUT2D eigenvalue weighted by molar-refractivity contribution is 0.0725. The summed E-state index contributed by atoms with van der Waals surface area (Å²) in [7, 11) is 0. The fourth-order valence-corrected chi connectivity index (χ4v) is 5.39. The van der Waals surface area contributed by atoms with Crippen molar-refractivity contribution in [3.05, 3.63) is 82.4 Å². The molecule has 36 heavy (non-hydrogen) atoms. The molecule has 0 N–H and O–H groups in total. The van der Waals surface area contributed by atoms with E-state index in [2.05, 4.69) is 20.0 Å². The van der Waals surface area contributed by atoms with Gasteiger partial charge in [0.1, 0.15) is 0 Å². The van der Waals surface area contributed by atoms with E-state index in [1.165, 1.54) is 19.3 Å². The van der Waals surface area contributed by atoms with Gasteiger partial charge in [-0.15, -0.1) is 0 Å². The average molecular weight is 484 g/mol. The minimum Gasteiger partial charge on any atom is -0.332 e. The summed E-state index contributed by atoms with van der Waals surface area (Å²) in [5.74, 6) is -0.123. The van der Waals surface area contributed by atoms with Crippen LogP contribution in [0.3, 0.4) is 0 Å². The molecule has 2 aliphatic rings. The summed E-state index contributed by atoms with van der Waals surface area (Å²) in [6.07, 6.45) is 11.3. The van der Waals surface area contributed by atoms with Crippen molar-refractivity contribution in [1.82, 2.24) is 33.9 Å². The van der Waals surface area contributed by atoms with Crippen LogP contribution in [0.15, 0.2) is 59.9 Å². The van der Waals surface area contributed by atoms with Gasteiger partial charge in [0.2, 0.25) is 0 Å². The molecule has 6 heterocycles. The molecule has 9 nitrogen and oxygen atoms in total. The molecule has 0 atom stereocenters. The van der Waals surface area contributed by atoms with Gasteiger partial charge in [0.25, 0.3) is 11.5 Å². The summed E-state index contributed by atoms with van der Waals surface area (Å²) in [6.45, 7) is 4.70. The zero-order valence-corrected chi connectivity index (χ0v) is 20.2. The molecule has 6 rings (SSSR count). The number of piperidine rings is 1. The highest BCUT2D eigenvalue weighted by molar-refractivity contribution is 5.93. The van der Waals surface area contributed by atoms with Crippen LogP contribution in [0.2, 0.25) is 0 Å². The maximum Gasteiger partial charge on any atom is 0.274 e. The fourth-order valence-electron chi connectivity index (χ4n) is 5.39. The summed E-state index contributed by atoms with van der Waals surface area (Å²) in [6, 6.07) is 9.21. The lowest BCUT2D eigenvalue weighted by Crippen LogP contribution is -2.41. The fraction of sp³-hybridized carbons (Fsp3) is 0.370. The van der Waals surface area contributed by atoms with Gasteiger partial charge in [0.15, 0.2) is 11.3 Å². The van der Waals surface area contributed by atoms with E-state index in [1.807, 2.05) is 27.7 Å². The second-order valence-corrected chi connectivity index (χ2v) is 9.55. The smallest absolute Gasteiger partial charge is 0.274 e.